The number of hydrogen-bond donors (Lipinski definition) is 1. The molecule has 0 aliphatic carbocycles. The number of halogens is 1. The highest BCUT2D eigenvalue weighted by Crippen LogP contribution is 2.31. The number of fused-ring (bicyclic) bond motifs is 1. The molecule has 0 atom stereocenters. The number of pyridine rings is 1. The molecule has 7 nitrogen and oxygen atoms in total. The van der Waals surface area contributed by atoms with Gasteiger partial charge >= 0.3 is 0 Å². The zero-order valence-corrected chi connectivity index (χ0v) is 18.7. The molecule has 1 aliphatic rings. The first-order chi connectivity index (χ1) is 15.9. The van der Waals surface area contributed by atoms with Crippen molar-refractivity contribution in [1.82, 2.24) is 10.3 Å². The van der Waals surface area contributed by atoms with E-state index in [9.17, 15) is 14.4 Å². The molecule has 4 rings (SSSR count). The van der Waals surface area contributed by atoms with Crippen LogP contribution >= 0.6 is 11.6 Å². The minimum absolute atomic E-state index is 0.00806. The molecule has 2 aromatic carbocycles. The van der Waals surface area contributed by atoms with Gasteiger partial charge in [0.15, 0.2) is 0 Å². The average Bonchev–Trinajstić information content (AvgIpc) is 2.83. The van der Waals surface area contributed by atoms with Gasteiger partial charge in [-0.15, -0.1) is 0 Å². The quantitative estimate of drug-likeness (QED) is 0.459. The van der Waals surface area contributed by atoms with Gasteiger partial charge in [0.2, 0.25) is 11.7 Å². The minimum atomic E-state index is -0.443. The topological polar surface area (TPSA) is 88.6 Å². The second kappa shape index (κ2) is 9.26. The molecule has 1 N–H and O–H groups in total. The fourth-order valence-corrected chi connectivity index (χ4v) is 3.73. The molecule has 1 aromatic heterocycles. The molecular formula is C25H20ClN3O4. The van der Waals surface area contributed by atoms with Crippen LogP contribution in [0, 0.1) is 0 Å². The van der Waals surface area contributed by atoms with Crippen LogP contribution in [-0.2, 0) is 11.3 Å². The molecular weight excluding hydrogens is 442 g/mol. The predicted molar refractivity (Wildman–Crippen MR) is 126 cm³/mol. The summed E-state index contributed by atoms with van der Waals surface area (Å²) in [5.41, 5.74) is 2.51. The van der Waals surface area contributed by atoms with Crippen molar-refractivity contribution in [2.75, 3.05) is 19.1 Å². The van der Waals surface area contributed by atoms with Crippen LogP contribution in [-0.4, -0.2) is 36.7 Å². The number of nitrogens with zero attached hydrogens (tertiary/aromatic N) is 2. The Hall–Kier alpha value is -3.97. The van der Waals surface area contributed by atoms with Crippen LogP contribution < -0.4 is 15.0 Å². The van der Waals surface area contributed by atoms with Crippen molar-refractivity contribution in [3.8, 4) is 5.88 Å². The summed E-state index contributed by atoms with van der Waals surface area (Å²) in [6.07, 6.45) is 3.11. The number of amides is 2. The van der Waals surface area contributed by atoms with E-state index in [-0.39, 0.29) is 23.6 Å². The molecule has 1 aliphatic heterocycles. The molecule has 0 spiro atoms. The van der Waals surface area contributed by atoms with E-state index >= 15 is 0 Å². The van der Waals surface area contributed by atoms with Gasteiger partial charge in [-0.3, -0.25) is 14.4 Å². The molecule has 0 unspecified atom stereocenters. The van der Waals surface area contributed by atoms with Gasteiger partial charge in [-0.25, -0.2) is 4.98 Å². The molecule has 0 bridgehead atoms. The fourth-order valence-electron chi connectivity index (χ4n) is 3.53. The maximum atomic E-state index is 13.2. The summed E-state index contributed by atoms with van der Waals surface area (Å²) in [5, 5.41) is 3.32. The number of aromatic nitrogens is 1. The van der Waals surface area contributed by atoms with Crippen LogP contribution in [0.4, 0.5) is 5.69 Å². The van der Waals surface area contributed by atoms with Crippen molar-refractivity contribution >= 4 is 41.0 Å². The number of nitrogens with one attached hydrogen (secondary N) is 1. The Kier molecular flexibility index (Phi) is 6.24. The van der Waals surface area contributed by atoms with Gasteiger partial charge in [0.05, 0.1) is 18.4 Å². The molecule has 2 heterocycles. The predicted octanol–water partition coefficient (Wildman–Crippen LogP) is 3.92. The number of ketones is 1. The lowest BCUT2D eigenvalue weighted by Gasteiger charge is -2.27. The standard InChI is InChI=1S/C25H20ClN3O4/c1-29-21-7-6-17(24(31)28-14-16-8-9-27-22(12-16)33-2)13-19(21)23(30)20(25(29)32)11-15-4-3-5-18(26)10-15/h3-13H,14H2,1-2H3,(H,28,31). The molecule has 0 saturated heterocycles. The fraction of sp³-hybridized carbons (Fsp3) is 0.120. The van der Waals surface area contributed by atoms with E-state index in [1.807, 2.05) is 0 Å². The Labute approximate surface area is 195 Å². The zero-order chi connectivity index (χ0) is 23.5. The number of rotatable bonds is 5. The number of carbonyl (C=O) groups excluding carboxylic acids is 3. The summed E-state index contributed by atoms with van der Waals surface area (Å²) in [6.45, 7) is 0.265. The van der Waals surface area contributed by atoms with Gasteiger partial charge in [0, 0.05) is 42.0 Å². The third-order valence-electron chi connectivity index (χ3n) is 5.27. The second-order valence-electron chi connectivity index (χ2n) is 7.43. The van der Waals surface area contributed by atoms with Gasteiger partial charge in [-0.2, -0.15) is 0 Å². The molecule has 8 heteroatoms. The third kappa shape index (κ3) is 4.63. The van der Waals surface area contributed by atoms with Gasteiger partial charge < -0.3 is 15.0 Å². The van der Waals surface area contributed by atoms with Gasteiger partial charge in [-0.1, -0.05) is 23.7 Å². The number of Topliss-reactive ketones (excluding diaryl/α,β-unsaturated/α-hetero) is 1. The average molecular weight is 462 g/mol. The molecule has 166 valence electrons. The van der Waals surface area contributed by atoms with Crippen LogP contribution in [0.2, 0.25) is 5.02 Å². The highest BCUT2D eigenvalue weighted by molar-refractivity contribution is 6.37. The minimum Gasteiger partial charge on any atom is -0.481 e. The highest BCUT2D eigenvalue weighted by Gasteiger charge is 2.33. The van der Waals surface area contributed by atoms with Crippen LogP contribution in [0.15, 0.2) is 66.4 Å². The second-order valence-corrected chi connectivity index (χ2v) is 7.86. The maximum Gasteiger partial charge on any atom is 0.262 e. The summed E-state index contributed by atoms with van der Waals surface area (Å²) in [7, 11) is 3.11. The molecule has 2 amide bonds. The number of anilines is 1. The van der Waals surface area contributed by atoms with Crippen LogP contribution in [0.5, 0.6) is 5.88 Å². The summed E-state index contributed by atoms with van der Waals surface area (Å²) in [5.74, 6) is -0.757. The SMILES string of the molecule is COc1cc(CNC(=O)c2ccc3c(c2)C(=O)C(=Cc2cccc(Cl)c2)C(=O)N3C)ccn1. The lowest BCUT2D eigenvalue weighted by Crippen LogP contribution is -2.37. The Bertz CT molecular complexity index is 1300. The normalized spacial score (nSPS) is 14.3. The van der Waals surface area contributed by atoms with E-state index in [2.05, 4.69) is 10.3 Å². The number of ether oxygens (including phenoxy) is 1. The van der Waals surface area contributed by atoms with Crippen molar-refractivity contribution in [3.63, 3.8) is 0 Å². The van der Waals surface area contributed by atoms with E-state index in [0.717, 1.165) is 5.56 Å². The van der Waals surface area contributed by atoms with E-state index in [4.69, 9.17) is 16.3 Å². The Morgan fingerprint density at radius 2 is 1.97 bits per heavy atom. The monoisotopic (exact) mass is 461 g/mol. The molecule has 0 saturated carbocycles. The number of hydrogen-bond acceptors (Lipinski definition) is 5. The van der Waals surface area contributed by atoms with Gasteiger partial charge in [-0.05, 0) is 53.6 Å². The number of methoxy groups -OCH3 is 1. The van der Waals surface area contributed by atoms with Gasteiger partial charge in [0.25, 0.3) is 11.8 Å². The third-order valence-corrected chi connectivity index (χ3v) is 5.50. The van der Waals surface area contributed by atoms with Crippen molar-refractivity contribution in [1.29, 1.82) is 0 Å². The van der Waals surface area contributed by atoms with E-state index in [1.165, 1.54) is 24.2 Å². The smallest absolute Gasteiger partial charge is 0.262 e. The summed E-state index contributed by atoms with van der Waals surface area (Å²) < 4.78 is 5.09. The number of carbonyl (C=O) groups is 3. The summed E-state index contributed by atoms with van der Waals surface area (Å²) in [4.78, 5) is 44.2. The largest absolute Gasteiger partial charge is 0.481 e. The van der Waals surface area contributed by atoms with E-state index < -0.39 is 11.7 Å². The number of likely N-dealkylation sites (N-methyl/N-ethyl adjacent to an activating group) is 1. The van der Waals surface area contributed by atoms with E-state index in [0.29, 0.717) is 27.7 Å². The summed E-state index contributed by atoms with van der Waals surface area (Å²) >= 11 is 6.03. The lowest BCUT2D eigenvalue weighted by atomic mass is 9.92. The van der Waals surface area contributed by atoms with Gasteiger partial charge in [0.1, 0.15) is 0 Å². The van der Waals surface area contributed by atoms with Crippen molar-refractivity contribution < 1.29 is 19.1 Å². The first kappa shape index (κ1) is 22.2. The van der Waals surface area contributed by atoms with Crippen molar-refractivity contribution in [2.45, 2.75) is 6.54 Å². The van der Waals surface area contributed by atoms with Crippen molar-refractivity contribution in [3.05, 3.63) is 93.6 Å². The van der Waals surface area contributed by atoms with Crippen LogP contribution in [0.1, 0.15) is 31.8 Å². The van der Waals surface area contributed by atoms with E-state index in [1.54, 1.807) is 61.8 Å². The van der Waals surface area contributed by atoms with Crippen molar-refractivity contribution in [2.24, 2.45) is 0 Å². The Morgan fingerprint density at radius 1 is 1.15 bits per heavy atom. The molecule has 3 aromatic rings. The highest BCUT2D eigenvalue weighted by atomic mass is 35.5. The maximum absolute atomic E-state index is 13.2. The van der Waals surface area contributed by atoms with Crippen LogP contribution in [0.25, 0.3) is 6.08 Å². The Morgan fingerprint density at radius 3 is 2.73 bits per heavy atom. The molecule has 0 radical (unpaired) electrons. The zero-order valence-electron chi connectivity index (χ0n) is 18.0. The first-order valence-corrected chi connectivity index (χ1v) is 10.5. The first-order valence-electron chi connectivity index (χ1n) is 10.1. The van der Waals surface area contributed by atoms with Crippen LogP contribution in [0.3, 0.4) is 0 Å². The molecule has 0 fully saturated rings. The molecule has 33 heavy (non-hydrogen) atoms. The summed E-state index contributed by atoms with van der Waals surface area (Å²) in [6, 6.07) is 15.1. The lowest BCUT2D eigenvalue weighted by molar-refractivity contribution is -0.114. The number of benzene rings is 2. The Balaban J connectivity index is 1.60.